The second-order valence-corrected chi connectivity index (χ2v) is 9.56. The van der Waals surface area contributed by atoms with Crippen LogP contribution >= 0.6 is 0 Å². The average molecular weight is 456 g/mol. The first-order valence-electron chi connectivity index (χ1n) is 9.86. The summed E-state index contributed by atoms with van der Waals surface area (Å²) in [5, 5.41) is 2.58. The number of hydrogen-bond acceptors (Lipinski definition) is 4. The Morgan fingerprint density at radius 1 is 0.968 bits per heavy atom. The van der Waals surface area contributed by atoms with Crippen LogP contribution in [0.25, 0.3) is 0 Å². The minimum atomic E-state index is -4.42. The number of sulfonamides is 1. The molecule has 6 nitrogen and oxygen atoms in total. The summed E-state index contributed by atoms with van der Waals surface area (Å²) in [5.74, 6) is -0.312. The molecule has 0 bridgehead atoms. The number of benzene rings is 2. The van der Waals surface area contributed by atoms with Crippen molar-refractivity contribution >= 4 is 21.6 Å². The number of carbonyl (C=O) groups excluding carboxylic acids is 1. The van der Waals surface area contributed by atoms with Gasteiger partial charge in [-0.15, -0.1) is 0 Å². The molecule has 1 aliphatic heterocycles. The molecule has 1 amide bonds. The van der Waals surface area contributed by atoms with Crippen LogP contribution in [0.3, 0.4) is 0 Å². The fourth-order valence-electron chi connectivity index (χ4n) is 3.31. The molecular weight excluding hydrogens is 431 g/mol. The molecule has 0 radical (unpaired) electrons. The molecule has 0 aliphatic carbocycles. The monoisotopic (exact) mass is 455 g/mol. The van der Waals surface area contributed by atoms with Crippen LogP contribution in [0.4, 0.5) is 18.9 Å². The van der Waals surface area contributed by atoms with E-state index in [4.69, 9.17) is 0 Å². The Kier molecular flexibility index (Phi) is 7.03. The fourth-order valence-corrected chi connectivity index (χ4v) is 4.40. The van der Waals surface area contributed by atoms with Crippen molar-refractivity contribution in [2.45, 2.75) is 19.6 Å². The summed E-state index contributed by atoms with van der Waals surface area (Å²) in [6.07, 6.45) is -4.42. The molecule has 1 heterocycles. The first kappa shape index (κ1) is 23.2. The van der Waals surface area contributed by atoms with Crippen molar-refractivity contribution in [2.75, 3.05) is 37.2 Å². The summed E-state index contributed by atoms with van der Waals surface area (Å²) in [4.78, 5) is 14.5. The highest BCUT2D eigenvalue weighted by molar-refractivity contribution is 7.89. The van der Waals surface area contributed by atoms with E-state index in [0.717, 1.165) is 17.7 Å². The summed E-state index contributed by atoms with van der Waals surface area (Å²) in [5.41, 5.74) is 0.880. The number of nitrogens with zero attached hydrogens (tertiary/aromatic N) is 2. The topological polar surface area (TPSA) is 69.7 Å². The Morgan fingerprint density at radius 3 is 2.06 bits per heavy atom. The number of anilines is 1. The molecule has 31 heavy (non-hydrogen) atoms. The molecule has 0 atom stereocenters. The molecular formula is C21H24F3N3O3S. The molecule has 1 N–H and O–H groups in total. The second-order valence-electron chi connectivity index (χ2n) is 7.30. The van der Waals surface area contributed by atoms with Gasteiger partial charge in [0.05, 0.1) is 11.3 Å². The number of carbonyl (C=O) groups is 1. The standard InChI is InChI=1S/C21H24F3N3O3S/c1-2-31(29,30)27-13-11-26(12-14-27)15-16-3-5-17(6-4-16)20(28)25-19-9-7-18(8-10-19)21(22,23)24/h3-10H,2,11-15H2,1H3,(H,25,28). The maximum Gasteiger partial charge on any atom is 0.416 e. The summed E-state index contributed by atoms with van der Waals surface area (Å²) in [6.45, 7) is 4.47. The Hall–Kier alpha value is -2.43. The predicted molar refractivity (Wildman–Crippen MR) is 112 cm³/mol. The minimum absolute atomic E-state index is 0.100. The third kappa shape index (κ3) is 6.05. The highest BCUT2D eigenvalue weighted by Crippen LogP contribution is 2.29. The molecule has 0 spiro atoms. The Morgan fingerprint density at radius 2 is 1.55 bits per heavy atom. The van der Waals surface area contributed by atoms with Crippen LogP contribution in [0.1, 0.15) is 28.4 Å². The van der Waals surface area contributed by atoms with Gasteiger partial charge < -0.3 is 5.32 Å². The first-order chi connectivity index (χ1) is 14.6. The van der Waals surface area contributed by atoms with Crippen LogP contribution in [-0.2, 0) is 22.7 Å². The molecule has 2 aromatic carbocycles. The number of amides is 1. The first-order valence-corrected chi connectivity index (χ1v) is 11.5. The molecule has 10 heteroatoms. The summed E-state index contributed by atoms with van der Waals surface area (Å²) in [6, 6.07) is 11.2. The lowest BCUT2D eigenvalue weighted by Gasteiger charge is -2.33. The summed E-state index contributed by atoms with van der Waals surface area (Å²) < 4.78 is 63.2. The lowest BCUT2D eigenvalue weighted by molar-refractivity contribution is -0.137. The molecule has 1 fully saturated rings. The second kappa shape index (κ2) is 9.37. The Labute approximate surface area is 179 Å². The number of rotatable bonds is 6. The lowest BCUT2D eigenvalue weighted by atomic mass is 10.1. The number of halogens is 3. The normalized spacial score (nSPS) is 16.3. The van der Waals surface area contributed by atoms with Crippen molar-refractivity contribution < 1.29 is 26.4 Å². The average Bonchev–Trinajstić information content (AvgIpc) is 2.74. The third-order valence-electron chi connectivity index (χ3n) is 5.18. The maximum atomic E-state index is 12.6. The van der Waals surface area contributed by atoms with Gasteiger partial charge in [-0.25, -0.2) is 8.42 Å². The number of nitrogens with one attached hydrogen (secondary N) is 1. The Bertz CT molecular complexity index is 999. The van der Waals surface area contributed by atoms with Gasteiger partial charge in [0, 0.05) is 44.0 Å². The molecule has 0 unspecified atom stereocenters. The molecule has 2 aromatic rings. The van der Waals surface area contributed by atoms with E-state index in [1.165, 1.54) is 16.4 Å². The van der Waals surface area contributed by atoms with Crippen LogP contribution in [0.2, 0.25) is 0 Å². The van der Waals surface area contributed by atoms with Gasteiger partial charge in [-0.2, -0.15) is 17.5 Å². The van der Waals surface area contributed by atoms with Crippen LogP contribution in [0.15, 0.2) is 48.5 Å². The van der Waals surface area contributed by atoms with E-state index < -0.39 is 27.7 Å². The molecule has 168 valence electrons. The van der Waals surface area contributed by atoms with Crippen molar-refractivity contribution in [3.05, 3.63) is 65.2 Å². The van der Waals surface area contributed by atoms with Crippen LogP contribution in [0, 0.1) is 0 Å². The molecule has 0 saturated carbocycles. The van der Waals surface area contributed by atoms with Gasteiger partial charge >= 0.3 is 6.18 Å². The highest BCUT2D eigenvalue weighted by atomic mass is 32.2. The van der Waals surface area contributed by atoms with Gasteiger partial charge in [-0.05, 0) is 48.9 Å². The predicted octanol–water partition coefficient (Wildman–Crippen LogP) is 3.43. The van der Waals surface area contributed by atoms with E-state index in [1.54, 1.807) is 19.1 Å². The quantitative estimate of drug-likeness (QED) is 0.725. The van der Waals surface area contributed by atoms with E-state index in [0.29, 0.717) is 38.3 Å². The lowest BCUT2D eigenvalue weighted by Crippen LogP contribution is -2.48. The van der Waals surface area contributed by atoms with E-state index in [2.05, 4.69) is 10.2 Å². The van der Waals surface area contributed by atoms with E-state index in [9.17, 15) is 26.4 Å². The van der Waals surface area contributed by atoms with E-state index in [-0.39, 0.29) is 11.4 Å². The largest absolute Gasteiger partial charge is 0.416 e. The Balaban J connectivity index is 1.54. The molecule has 3 rings (SSSR count). The SMILES string of the molecule is CCS(=O)(=O)N1CCN(Cc2ccc(C(=O)Nc3ccc(C(F)(F)F)cc3)cc2)CC1. The van der Waals surface area contributed by atoms with Crippen molar-refractivity contribution in [3.8, 4) is 0 Å². The summed E-state index contributed by atoms with van der Waals surface area (Å²) >= 11 is 0. The van der Waals surface area contributed by atoms with Gasteiger partial charge in [-0.3, -0.25) is 9.69 Å². The van der Waals surface area contributed by atoms with E-state index >= 15 is 0 Å². The van der Waals surface area contributed by atoms with Crippen molar-refractivity contribution in [1.82, 2.24) is 9.21 Å². The van der Waals surface area contributed by atoms with Gasteiger partial charge in [-0.1, -0.05) is 12.1 Å². The van der Waals surface area contributed by atoms with Crippen LogP contribution in [0.5, 0.6) is 0 Å². The minimum Gasteiger partial charge on any atom is -0.322 e. The summed E-state index contributed by atoms with van der Waals surface area (Å²) in [7, 11) is -3.16. The molecule has 0 aromatic heterocycles. The van der Waals surface area contributed by atoms with Gasteiger partial charge in [0.15, 0.2) is 0 Å². The number of hydrogen-bond donors (Lipinski definition) is 1. The van der Waals surface area contributed by atoms with Gasteiger partial charge in [0.1, 0.15) is 0 Å². The van der Waals surface area contributed by atoms with Crippen LogP contribution in [-0.4, -0.2) is 55.5 Å². The zero-order chi connectivity index (χ0) is 22.6. The van der Waals surface area contributed by atoms with E-state index in [1.807, 2.05) is 12.1 Å². The molecule has 1 saturated heterocycles. The zero-order valence-electron chi connectivity index (χ0n) is 17.0. The van der Waals surface area contributed by atoms with Crippen LogP contribution < -0.4 is 5.32 Å². The smallest absolute Gasteiger partial charge is 0.322 e. The zero-order valence-corrected chi connectivity index (χ0v) is 17.8. The van der Waals surface area contributed by atoms with Crippen molar-refractivity contribution in [2.24, 2.45) is 0 Å². The fraction of sp³-hybridized carbons (Fsp3) is 0.381. The number of piperazine rings is 1. The molecule has 1 aliphatic rings. The van der Waals surface area contributed by atoms with Crippen molar-refractivity contribution in [3.63, 3.8) is 0 Å². The van der Waals surface area contributed by atoms with Gasteiger partial charge in [0.25, 0.3) is 5.91 Å². The highest BCUT2D eigenvalue weighted by Gasteiger charge is 2.30. The third-order valence-corrected chi connectivity index (χ3v) is 7.06. The van der Waals surface area contributed by atoms with Crippen molar-refractivity contribution in [1.29, 1.82) is 0 Å². The number of alkyl halides is 3. The van der Waals surface area contributed by atoms with Gasteiger partial charge in [0.2, 0.25) is 10.0 Å². The maximum absolute atomic E-state index is 12.6.